The van der Waals surface area contributed by atoms with Crippen LogP contribution in [0.5, 0.6) is 0 Å². The topological polar surface area (TPSA) is 66.5 Å². The van der Waals surface area contributed by atoms with Gasteiger partial charge in [-0.05, 0) is 42.8 Å². The molecule has 0 unspecified atom stereocenters. The molecule has 5 nitrogen and oxygen atoms in total. The maximum Gasteiger partial charge on any atom is 0.245 e. The van der Waals surface area contributed by atoms with Gasteiger partial charge in [-0.2, -0.15) is 0 Å². The number of carbonyl (C=O) groups is 1. The fourth-order valence-electron chi connectivity index (χ4n) is 2.10. The predicted octanol–water partition coefficient (Wildman–Crippen LogP) is 3.44. The average molecular weight is 433 g/mol. The van der Waals surface area contributed by atoms with Crippen molar-refractivity contribution in [3.63, 3.8) is 0 Å². The molecule has 0 aliphatic heterocycles. The highest BCUT2D eigenvalue weighted by Crippen LogP contribution is 2.24. The van der Waals surface area contributed by atoms with E-state index in [1.54, 1.807) is 25.1 Å². The summed E-state index contributed by atoms with van der Waals surface area (Å²) in [5.41, 5.74) is 0.862. The summed E-state index contributed by atoms with van der Waals surface area (Å²) in [6.07, 6.45) is 0.968. The fraction of sp³-hybridized carbons (Fsp3) is 0.188. The third kappa shape index (κ3) is 4.99. The zero-order valence-corrected chi connectivity index (χ0v) is 15.8. The number of carbonyl (C=O) groups excluding carboxylic acids is 1. The molecule has 9 heteroatoms. The van der Waals surface area contributed by atoms with Crippen molar-refractivity contribution in [2.75, 3.05) is 22.4 Å². The molecule has 0 saturated heterocycles. The summed E-state index contributed by atoms with van der Waals surface area (Å²) in [5.74, 6) is -2.48. The lowest BCUT2D eigenvalue weighted by Crippen LogP contribution is -2.37. The van der Waals surface area contributed by atoms with Gasteiger partial charge in [0.05, 0.1) is 17.6 Å². The highest BCUT2D eigenvalue weighted by Gasteiger charge is 2.22. The zero-order valence-electron chi connectivity index (χ0n) is 13.4. The summed E-state index contributed by atoms with van der Waals surface area (Å²) in [6.45, 7) is 1.23. The Morgan fingerprint density at radius 3 is 2.44 bits per heavy atom. The second kappa shape index (κ2) is 7.49. The fourth-order valence-corrected chi connectivity index (χ4v) is 3.19. The van der Waals surface area contributed by atoms with Crippen LogP contribution in [-0.4, -0.2) is 27.1 Å². The molecule has 0 saturated carbocycles. The van der Waals surface area contributed by atoms with Gasteiger partial charge in [0.15, 0.2) is 0 Å². The second-order valence-electron chi connectivity index (χ2n) is 5.38. The van der Waals surface area contributed by atoms with Gasteiger partial charge in [0.25, 0.3) is 0 Å². The molecule has 2 aromatic carbocycles. The Kier molecular flexibility index (Phi) is 5.79. The number of halogens is 3. The molecule has 0 radical (unpaired) electrons. The minimum absolute atomic E-state index is 0.230. The first-order valence-corrected chi connectivity index (χ1v) is 9.71. The van der Waals surface area contributed by atoms with Crippen LogP contribution in [0.1, 0.15) is 5.56 Å². The number of rotatable bonds is 5. The molecule has 1 amide bonds. The van der Waals surface area contributed by atoms with Gasteiger partial charge in [-0.1, -0.05) is 15.9 Å². The van der Waals surface area contributed by atoms with Crippen LogP contribution in [0.4, 0.5) is 20.2 Å². The van der Waals surface area contributed by atoms with Crippen LogP contribution in [0.3, 0.4) is 0 Å². The molecule has 25 heavy (non-hydrogen) atoms. The summed E-state index contributed by atoms with van der Waals surface area (Å²) in [6, 6.07) is 7.51. The van der Waals surface area contributed by atoms with Gasteiger partial charge in [0.2, 0.25) is 15.9 Å². The van der Waals surface area contributed by atoms with Gasteiger partial charge in [0, 0.05) is 10.5 Å². The van der Waals surface area contributed by atoms with Crippen LogP contribution < -0.4 is 9.62 Å². The van der Waals surface area contributed by atoms with E-state index in [0.717, 1.165) is 32.7 Å². The first-order chi connectivity index (χ1) is 11.6. The lowest BCUT2D eigenvalue weighted by atomic mass is 10.2. The van der Waals surface area contributed by atoms with Crippen LogP contribution in [0.2, 0.25) is 0 Å². The van der Waals surface area contributed by atoms with Crippen molar-refractivity contribution in [3.8, 4) is 0 Å². The van der Waals surface area contributed by atoms with E-state index in [4.69, 9.17) is 0 Å². The Morgan fingerprint density at radius 1 is 1.20 bits per heavy atom. The van der Waals surface area contributed by atoms with Gasteiger partial charge < -0.3 is 5.32 Å². The molecule has 2 rings (SSSR count). The summed E-state index contributed by atoms with van der Waals surface area (Å²) >= 11 is 3.32. The van der Waals surface area contributed by atoms with Crippen molar-refractivity contribution in [2.24, 2.45) is 0 Å². The summed E-state index contributed by atoms with van der Waals surface area (Å²) in [5, 5.41) is 2.24. The number of nitrogens with one attached hydrogen (secondary N) is 1. The number of hydrogen-bond acceptors (Lipinski definition) is 3. The van der Waals surface area contributed by atoms with Gasteiger partial charge in [-0.3, -0.25) is 9.10 Å². The molecular formula is C16H15BrF2N2O3S. The standard InChI is InChI=1S/C16H15BrF2N2O3S/c1-10-7-12(4-5-13(10)17)21(25(2,23)24)9-16(22)20-15-6-3-11(18)8-14(15)19/h3-8H,9H2,1-2H3,(H,20,22). The SMILES string of the molecule is Cc1cc(N(CC(=O)Nc2ccc(F)cc2F)S(C)(=O)=O)ccc1Br. The number of aryl methyl sites for hydroxylation is 1. The van der Waals surface area contributed by atoms with Gasteiger partial charge in [-0.25, -0.2) is 17.2 Å². The summed E-state index contributed by atoms with van der Waals surface area (Å²) < 4.78 is 52.3. The quantitative estimate of drug-likeness (QED) is 0.786. The first-order valence-electron chi connectivity index (χ1n) is 7.06. The highest BCUT2D eigenvalue weighted by molar-refractivity contribution is 9.10. The number of benzene rings is 2. The molecule has 134 valence electrons. The predicted molar refractivity (Wildman–Crippen MR) is 96.1 cm³/mol. The number of sulfonamides is 1. The molecule has 0 spiro atoms. The third-order valence-corrected chi connectivity index (χ3v) is 5.35. The van der Waals surface area contributed by atoms with E-state index >= 15 is 0 Å². The molecule has 0 aliphatic rings. The number of hydrogen-bond donors (Lipinski definition) is 1. The maximum absolute atomic E-state index is 13.6. The number of anilines is 2. The zero-order chi connectivity index (χ0) is 18.8. The van der Waals surface area contributed by atoms with Crippen molar-refractivity contribution < 1.29 is 22.0 Å². The Labute approximate surface area is 152 Å². The summed E-state index contributed by atoms with van der Waals surface area (Å²) in [4.78, 5) is 12.1. The molecule has 1 N–H and O–H groups in total. The smallest absolute Gasteiger partial charge is 0.245 e. The lowest BCUT2D eigenvalue weighted by Gasteiger charge is -2.22. The van der Waals surface area contributed by atoms with Crippen molar-refractivity contribution in [1.29, 1.82) is 0 Å². The van der Waals surface area contributed by atoms with E-state index in [1.165, 1.54) is 0 Å². The number of amides is 1. The molecule has 0 aromatic heterocycles. The van der Waals surface area contributed by atoms with Gasteiger partial charge in [-0.15, -0.1) is 0 Å². The minimum Gasteiger partial charge on any atom is -0.322 e. The van der Waals surface area contributed by atoms with Crippen LogP contribution >= 0.6 is 15.9 Å². The van der Waals surface area contributed by atoms with Crippen LogP contribution in [0, 0.1) is 18.6 Å². The monoisotopic (exact) mass is 432 g/mol. The van der Waals surface area contributed by atoms with E-state index in [2.05, 4.69) is 21.2 Å². The molecule has 2 aromatic rings. The van der Waals surface area contributed by atoms with Crippen molar-refractivity contribution in [2.45, 2.75) is 6.92 Å². The normalized spacial score (nSPS) is 11.2. The van der Waals surface area contributed by atoms with E-state index in [0.29, 0.717) is 11.8 Å². The second-order valence-corrected chi connectivity index (χ2v) is 8.14. The van der Waals surface area contributed by atoms with Gasteiger partial charge >= 0.3 is 0 Å². The largest absolute Gasteiger partial charge is 0.322 e. The van der Waals surface area contributed by atoms with E-state index in [9.17, 15) is 22.0 Å². The van der Waals surface area contributed by atoms with Crippen molar-refractivity contribution in [3.05, 3.63) is 58.1 Å². The number of nitrogens with zero attached hydrogens (tertiary/aromatic N) is 1. The molecule has 0 aliphatic carbocycles. The van der Waals surface area contributed by atoms with E-state index in [1.807, 2.05) is 0 Å². The van der Waals surface area contributed by atoms with Crippen LogP contribution in [-0.2, 0) is 14.8 Å². The Morgan fingerprint density at radius 2 is 1.88 bits per heavy atom. The van der Waals surface area contributed by atoms with Crippen LogP contribution in [0.15, 0.2) is 40.9 Å². The average Bonchev–Trinajstić information content (AvgIpc) is 2.49. The van der Waals surface area contributed by atoms with E-state index < -0.39 is 34.1 Å². The molecule has 0 bridgehead atoms. The minimum atomic E-state index is -3.75. The van der Waals surface area contributed by atoms with Crippen LogP contribution in [0.25, 0.3) is 0 Å². The molecule has 0 heterocycles. The first kappa shape index (κ1) is 19.3. The molecule has 0 atom stereocenters. The van der Waals surface area contributed by atoms with Crippen molar-refractivity contribution >= 4 is 43.2 Å². The lowest BCUT2D eigenvalue weighted by molar-refractivity contribution is -0.114. The van der Waals surface area contributed by atoms with Gasteiger partial charge in [0.1, 0.15) is 18.2 Å². The molecule has 0 fully saturated rings. The Hall–Kier alpha value is -2.00. The van der Waals surface area contributed by atoms with E-state index in [-0.39, 0.29) is 5.69 Å². The Bertz CT molecular complexity index is 920. The maximum atomic E-state index is 13.6. The third-order valence-electron chi connectivity index (χ3n) is 3.32. The highest BCUT2D eigenvalue weighted by atomic mass is 79.9. The molecular weight excluding hydrogens is 418 g/mol. The van der Waals surface area contributed by atoms with Crippen molar-refractivity contribution in [1.82, 2.24) is 0 Å². The Balaban J connectivity index is 2.25. The summed E-state index contributed by atoms with van der Waals surface area (Å²) in [7, 11) is -3.75.